The molecule has 3 fully saturated rings. The lowest BCUT2D eigenvalue weighted by Gasteiger charge is -2.44. The molecule has 0 radical (unpaired) electrons. The van der Waals surface area contributed by atoms with Crippen LogP contribution in [0.2, 0.25) is 0 Å². The molecule has 0 N–H and O–H groups in total. The number of fused-ring (bicyclic) bond motifs is 4. The van der Waals surface area contributed by atoms with Crippen LogP contribution in [0.4, 0.5) is 15.5 Å². The molecule has 1 aliphatic carbocycles. The Balaban J connectivity index is 1.26. The van der Waals surface area contributed by atoms with Gasteiger partial charge < -0.3 is 33.5 Å². The average molecular weight is 566 g/mol. The molecule has 1 atom stereocenters. The van der Waals surface area contributed by atoms with E-state index in [2.05, 4.69) is 48.7 Å². The normalized spacial score (nSPS) is 21.3. The number of likely N-dealkylation sites (N-methyl/N-ethyl adjacent to an activating group) is 1. The highest BCUT2D eigenvalue weighted by atomic mass is 16.6. The molecule has 222 valence electrons. The second-order valence-electron chi connectivity index (χ2n) is 13.3. The lowest BCUT2D eigenvalue weighted by molar-refractivity contribution is -0.0109. The van der Waals surface area contributed by atoms with Crippen molar-refractivity contribution in [2.75, 3.05) is 44.7 Å². The van der Waals surface area contributed by atoms with E-state index in [4.69, 9.17) is 19.2 Å². The Labute approximate surface area is 242 Å². The zero-order valence-corrected chi connectivity index (χ0v) is 25.2. The molecular formula is C31H43N5O5. The molecule has 6 rings (SSSR count). The first-order valence-electron chi connectivity index (χ1n) is 14.9. The summed E-state index contributed by atoms with van der Waals surface area (Å²) in [4.78, 5) is 36.5. The minimum Gasteiger partial charge on any atom is -0.480 e. The van der Waals surface area contributed by atoms with Crippen LogP contribution in [0, 0.1) is 12.8 Å². The van der Waals surface area contributed by atoms with Crippen LogP contribution < -0.4 is 9.64 Å². The quantitative estimate of drug-likeness (QED) is 0.511. The van der Waals surface area contributed by atoms with Gasteiger partial charge in [-0.2, -0.15) is 0 Å². The molecule has 10 heteroatoms. The minimum atomic E-state index is -0.595. The Kier molecular flexibility index (Phi) is 6.85. The van der Waals surface area contributed by atoms with E-state index in [1.165, 1.54) is 0 Å². The maximum absolute atomic E-state index is 12.8. The molecule has 0 unspecified atom stereocenters. The largest absolute Gasteiger partial charge is 0.480 e. The Hall–Kier alpha value is -3.43. The number of piperidine rings is 1. The number of nitrogens with zero attached hydrogens (tertiary/aromatic N) is 5. The fourth-order valence-corrected chi connectivity index (χ4v) is 6.35. The maximum atomic E-state index is 12.8. The van der Waals surface area contributed by atoms with Gasteiger partial charge in [0.1, 0.15) is 17.0 Å². The van der Waals surface area contributed by atoms with Crippen molar-refractivity contribution < 1.29 is 23.8 Å². The molecule has 0 bridgehead atoms. The molecule has 41 heavy (non-hydrogen) atoms. The van der Waals surface area contributed by atoms with Gasteiger partial charge in [-0.15, -0.1) is 0 Å². The van der Waals surface area contributed by atoms with Crippen LogP contribution in [0.5, 0.6) is 5.75 Å². The van der Waals surface area contributed by atoms with Crippen molar-refractivity contribution in [1.29, 1.82) is 0 Å². The number of hydrogen-bond acceptors (Lipinski definition) is 7. The summed E-state index contributed by atoms with van der Waals surface area (Å²) in [6, 6.07) is 6.39. The number of likely N-dealkylation sites (tertiary alicyclic amines) is 2. The predicted octanol–water partition coefficient (Wildman–Crippen LogP) is 5.07. The molecule has 1 aromatic heterocycles. The Morgan fingerprint density at radius 3 is 2.51 bits per heavy atom. The molecule has 1 spiro atoms. The molecular weight excluding hydrogens is 522 g/mol. The number of carbonyl (C=O) groups is 2. The first-order valence-corrected chi connectivity index (χ1v) is 14.9. The zero-order chi connectivity index (χ0) is 29.1. The predicted molar refractivity (Wildman–Crippen MR) is 155 cm³/mol. The van der Waals surface area contributed by atoms with Gasteiger partial charge in [0.15, 0.2) is 5.60 Å². The van der Waals surface area contributed by atoms with E-state index in [1.54, 1.807) is 4.90 Å². The Morgan fingerprint density at radius 2 is 1.83 bits per heavy atom. The third-order valence-corrected chi connectivity index (χ3v) is 8.85. The van der Waals surface area contributed by atoms with E-state index < -0.39 is 11.2 Å². The van der Waals surface area contributed by atoms with Gasteiger partial charge >= 0.3 is 12.2 Å². The lowest BCUT2D eigenvalue weighted by atomic mass is 9.83. The zero-order valence-electron chi connectivity index (χ0n) is 25.2. The second kappa shape index (κ2) is 10.1. The number of amides is 2. The third-order valence-electron chi connectivity index (χ3n) is 8.85. The molecule has 2 saturated heterocycles. The summed E-state index contributed by atoms with van der Waals surface area (Å²) in [5, 5.41) is 0. The first kappa shape index (κ1) is 27.7. The molecule has 10 nitrogen and oxygen atoms in total. The van der Waals surface area contributed by atoms with Crippen LogP contribution >= 0.6 is 0 Å². The number of ether oxygens (including phenoxy) is 3. The summed E-state index contributed by atoms with van der Waals surface area (Å²) in [7, 11) is 4.11. The fourth-order valence-electron chi connectivity index (χ4n) is 6.35. The van der Waals surface area contributed by atoms with Crippen molar-refractivity contribution in [1.82, 2.24) is 19.4 Å². The molecule has 2 aromatic rings. The summed E-state index contributed by atoms with van der Waals surface area (Å²) in [5.41, 5.74) is 2.97. The topological polar surface area (TPSA) is 89.4 Å². The third kappa shape index (κ3) is 5.33. The lowest BCUT2D eigenvalue weighted by Crippen LogP contribution is -2.50. The molecule has 1 aromatic carbocycles. The summed E-state index contributed by atoms with van der Waals surface area (Å²) in [6.07, 6.45) is 3.97. The van der Waals surface area contributed by atoms with Crippen LogP contribution in [0.25, 0.3) is 11.3 Å². The average Bonchev–Trinajstić information content (AvgIpc) is 3.48. The molecule has 4 aliphatic rings. The van der Waals surface area contributed by atoms with E-state index in [-0.39, 0.29) is 18.2 Å². The monoisotopic (exact) mass is 565 g/mol. The van der Waals surface area contributed by atoms with Crippen LogP contribution in [-0.4, -0.2) is 83.0 Å². The number of carbonyl (C=O) groups excluding carboxylic acids is 2. The van der Waals surface area contributed by atoms with Crippen LogP contribution in [0.3, 0.4) is 0 Å². The van der Waals surface area contributed by atoms with E-state index in [0.717, 1.165) is 53.5 Å². The second-order valence-corrected chi connectivity index (χ2v) is 13.3. The van der Waals surface area contributed by atoms with Crippen molar-refractivity contribution in [3.8, 4) is 17.0 Å². The van der Waals surface area contributed by atoms with Crippen LogP contribution in [0.15, 0.2) is 18.2 Å². The van der Waals surface area contributed by atoms with Gasteiger partial charge in [-0.1, -0.05) is 6.07 Å². The fraction of sp³-hybridized carbons (Fsp3) is 0.645. The number of imidazole rings is 1. The summed E-state index contributed by atoms with van der Waals surface area (Å²) >= 11 is 0. The number of aromatic nitrogens is 2. The highest BCUT2D eigenvalue weighted by Crippen LogP contribution is 2.50. The molecule has 1 saturated carbocycles. The van der Waals surface area contributed by atoms with Crippen molar-refractivity contribution in [2.45, 2.75) is 77.0 Å². The van der Waals surface area contributed by atoms with E-state index >= 15 is 0 Å². The number of aryl methyl sites for hydroxylation is 1. The van der Waals surface area contributed by atoms with Crippen LogP contribution in [-0.2, 0) is 22.1 Å². The molecule has 4 heterocycles. The van der Waals surface area contributed by atoms with Gasteiger partial charge in [-0.25, -0.2) is 14.6 Å². The Bertz CT molecular complexity index is 1340. The highest BCUT2D eigenvalue weighted by molar-refractivity contribution is 5.75. The number of benzene rings is 1. The van der Waals surface area contributed by atoms with Crippen molar-refractivity contribution in [3.05, 3.63) is 29.5 Å². The number of anilines is 1. The SMILES string of the molecule is Cc1ccc2c(c1)OC1(CCN(C(=O)OCC3CC3)CC1)c1c-2nc(N(C)[C@H]2CCN(C(=O)OC(C)(C)C)C2)n1C. The van der Waals surface area contributed by atoms with E-state index in [9.17, 15) is 9.59 Å². The summed E-state index contributed by atoms with van der Waals surface area (Å²) in [6.45, 7) is 10.6. The number of rotatable bonds is 4. The van der Waals surface area contributed by atoms with Gasteiger partial charge in [0, 0.05) is 58.7 Å². The van der Waals surface area contributed by atoms with Gasteiger partial charge in [-0.05, 0) is 70.6 Å². The smallest absolute Gasteiger partial charge is 0.410 e. The first-order chi connectivity index (χ1) is 19.4. The summed E-state index contributed by atoms with van der Waals surface area (Å²) in [5.74, 6) is 2.22. The Morgan fingerprint density at radius 1 is 1.10 bits per heavy atom. The maximum Gasteiger partial charge on any atom is 0.410 e. The van der Waals surface area contributed by atoms with Crippen molar-refractivity contribution in [3.63, 3.8) is 0 Å². The number of hydrogen-bond donors (Lipinski definition) is 0. The van der Waals surface area contributed by atoms with E-state index in [1.807, 2.05) is 25.7 Å². The highest BCUT2D eigenvalue weighted by Gasteiger charge is 2.48. The molecule has 2 amide bonds. The van der Waals surface area contributed by atoms with Gasteiger partial charge in [0.25, 0.3) is 0 Å². The molecule has 3 aliphatic heterocycles. The van der Waals surface area contributed by atoms with Gasteiger partial charge in [0.2, 0.25) is 5.95 Å². The summed E-state index contributed by atoms with van der Waals surface area (Å²) < 4.78 is 20.2. The standard InChI is InChI=1S/C31H43N5O5/c1-20-7-10-23-24(17-20)40-31(12-15-35(16-13-31)28(37)39-19-21-8-9-21)26-25(23)32-27(34(26)6)33(5)22-11-14-36(18-22)29(38)41-30(2,3)4/h7,10,17,21-22H,8-9,11-16,18-19H2,1-6H3/t22-/m0/s1. The minimum absolute atomic E-state index is 0.113. The van der Waals surface area contributed by atoms with Crippen molar-refractivity contribution >= 4 is 18.1 Å². The van der Waals surface area contributed by atoms with Gasteiger partial charge in [0.05, 0.1) is 18.3 Å². The van der Waals surface area contributed by atoms with Gasteiger partial charge in [-0.3, -0.25) is 0 Å². The van der Waals surface area contributed by atoms with E-state index in [0.29, 0.717) is 51.5 Å². The van der Waals surface area contributed by atoms with Crippen molar-refractivity contribution in [2.24, 2.45) is 13.0 Å². The van der Waals surface area contributed by atoms with Crippen LogP contribution in [0.1, 0.15) is 64.1 Å².